The molecule has 3 aromatic rings. The summed E-state index contributed by atoms with van der Waals surface area (Å²) in [6, 6.07) is 17.2. The fourth-order valence-corrected chi connectivity index (χ4v) is 4.73. The summed E-state index contributed by atoms with van der Waals surface area (Å²) >= 11 is 9.63. The summed E-state index contributed by atoms with van der Waals surface area (Å²) in [5.74, 6) is 1.18. The molecule has 0 fully saturated rings. The zero-order valence-corrected chi connectivity index (χ0v) is 19.1. The highest BCUT2D eigenvalue weighted by Crippen LogP contribution is 2.42. The van der Waals surface area contributed by atoms with Crippen LogP contribution in [0.1, 0.15) is 28.3 Å². The van der Waals surface area contributed by atoms with Gasteiger partial charge in [0, 0.05) is 18.1 Å². The quantitative estimate of drug-likeness (QED) is 0.413. The summed E-state index contributed by atoms with van der Waals surface area (Å²) in [6.45, 7) is 1.54. The van der Waals surface area contributed by atoms with Gasteiger partial charge in [-0.05, 0) is 81.0 Å². The summed E-state index contributed by atoms with van der Waals surface area (Å²) in [5.41, 5.74) is 4.55. The molecule has 0 aliphatic carbocycles. The van der Waals surface area contributed by atoms with Gasteiger partial charge in [-0.2, -0.15) is 0 Å². The van der Waals surface area contributed by atoms with Crippen LogP contribution in [-0.2, 0) is 13.0 Å². The van der Waals surface area contributed by atoms with Gasteiger partial charge in [-0.3, -0.25) is 4.90 Å². The first-order valence-electron chi connectivity index (χ1n) is 9.68. The van der Waals surface area contributed by atoms with E-state index in [2.05, 4.69) is 39.0 Å². The van der Waals surface area contributed by atoms with Crippen LogP contribution in [-0.4, -0.2) is 25.7 Å². The molecular formula is C24H22BrClFNO2. The van der Waals surface area contributed by atoms with Crippen LogP contribution >= 0.6 is 27.5 Å². The van der Waals surface area contributed by atoms with Crippen LogP contribution in [0.25, 0.3) is 0 Å². The highest BCUT2D eigenvalue weighted by atomic mass is 79.9. The van der Waals surface area contributed by atoms with E-state index >= 15 is 0 Å². The highest BCUT2D eigenvalue weighted by Gasteiger charge is 2.30. The maximum Gasteiger partial charge on any atom is 0.161 e. The second-order valence-corrected chi connectivity index (χ2v) is 8.62. The molecule has 0 amide bonds. The molecular weight excluding hydrogens is 469 g/mol. The topological polar surface area (TPSA) is 21.7 Å². The lowest BCUT2D eigenvalue weighted by molar-refractivity contribution is 0.203. The number of benzene rings is 3. The van der Waals surface area contributed by atoms with E-state index in [-0.39, 0.29) is 11.9 Å². The van der Waals surface area contributed by atoms with Gasteiger partial charge in [0.2, 0.25) is 0 Å². The van der Waals surface area contributed by atoms with Crippen LogP contribution in [0.2, 0.25) is 5.02 Å². The molecule has 1 aliphatic heterocycles. The van der Waals surface area contributed by atoms with Gasteiger partial charge < -0.3 is 9.47 Å². The van der Waals surface area contributed by atoms with E-state index in [9.17, 15) is 4.39 Å². The number of rotatable bonds is 5. The average Bonchev–Trinajstić information content (AvgIpc) is 2.75. The molecule has 0 spiro atoms. The van der Waals surface area contributed by atoms with E-state index in [1.165, 1.54) is 17.2 Å². The molecule has 3 nitrogen and oxygen atoms in total. The van der Waals surface area contributed by atoms with Crippen molar-refractivity contribution in [1.29, 1.82) is 0 Å². The number of fused-ring (bicyclic) bond motifs is 1. The van der Waals surface area contributed by atoms with Gasteiger partial charge in [-0.15, -0.1) is 0 Å². The Labute approximate surface area is 189 Å². The molecule has 4 rings (SSSR count). The molecule has 30 heavy (non-hydrogen) atoms. The Morgan fingerprint density at radius 2 is 1.83 bits per heavy atom. The number of ether oxygens (including phenoxy) is 2. The third kappa shape index (κ3) is 4.20. The van der Waals surface area contributed by atoms with Gasteiger partial charge in [0.05, 0.1) is 24.7 Å². The summed E-state index contributed by atoms with van der Waals surface area (Å²) in [4.78, 5) is 2.39. The predicted molar refractivity (Wildman–Crippen MR) is 121 cm³/mol. The predicted octanol–water partition coefficient (Wildman–Crippen LogP) is 6.41. The van der Waals surface area contributed by atoms with E-state index in [4.69, 9.17) is 21.1 Å². The van der Waals surface area contributed by atoms with Crippen LogP contribution in [0.3, 0.4) is 0 Å². The van der Waals surface area contributed by atoms with E-state index < -0.39 is 0 Å². The number of methoxy groups -OCH3 is 2. The Balaban J connectivity index is 1.80. The third-order valence-corrected chi connectivity index (χ3v) is 6.35. The zero-order chi connectivity index (χ0) is 21.3. The van der Waals surface area contributed by atoms with Gasteiger partial charge >= 0.3 is 0 Å². The highest BCUT2D eigenvalue weighted by molar-refractivity contribution is 9.10. The van der Waals surface area contributed by atoms with Crippen molar-refractivity contribution in [3.63, 3.8) is 0 Å². The Bertz CT molecular complexity index is 1080. The lowest BCUT2D eigenvalue weighted by Gasteiger charge is -2.38. The van der Waals surface area contributed by atoms with Gasteiger partial charge in [0.25, 0.3) is 0 Å². The molecule has 0 unspecified atom stereocenters. The van der Waals surface area contributed by atoms with Crippen molar-refractivity contribution in [2.75, 3.05) is 20.8 Å². The minimum Gasteiger partial charge on any atom is -0.493 e. The number of hydrogen-bond donors (Lipinski definition) is 0. The van der Waals surface area contributed by atoms with Crippen molar-refractivity contribution >= 4 is 27.5 Å². The second-order valence-electron chi connectivity index (χ2n) is 7.33. The molecule has 0 bridgehead atoms. The van der Waals surface area contributed by atoms with Crippen LogP contribution in [0.15, 0.2) is 59.1 Å². The van der Waals surface area contributed by atoms with Gasteiger partial charge in [0.15, 0.2) is 11.5 Å². The van der Waals surface area contributed by atoms with Crippen molar-refractivity contribution in [2.45, 2.75) is 19.0 Å². The van der Waals surface area contributed by atoms with Gasteiger partial charge in [-0.1, -0.05) is 29.8 Å². The lowest BCUT2D eigenvalue weighted by Crippen LogP contribution is -2.35. The fourth-order valence-electron chi connectivity index (χ4n) is 4.11. The van der Waals surface area contributed by atoms with Crippen LogP contribution in [0.4, 0.5) is 4.39 Å². The van der Waals surface area contributed by atoms with Crippen molar-refractivity contribution in [3.05, 3.63) is 92.2 Å². The van der Waals surface area contributed by atoms with Crippen LogP contribution < -0.4 is 9.47 Å². The molecule has 1 heterocycles. The lowest BCUT2D eigenvalue weighted by atomic mass is 9.87. The Morgan fingerprint density at radius 1 is 1.07 bits per heavy atom. The fraction of sp³-hybridized carbons (Fsp3) is 0.250. The summed E-state index contributed by atoms with van der Waals surface area (Å²) in [7, 11) is 3.30. The third-order valence-electron chi connectivity index (χ3n) is 5.51. The molecule has 156 valence electrons. The van der Waals surface area contributed by atoms with E-state index in [0.29, 0.717) is 21.8 Å². The van der Waals surface area contributed by atoms with Crippen LogP contribution in [0.5, 0.6) is 11.5 Å². The number of hydrogen-bond acceptors (Lipinski definition) is 3. The zero-order valence-electron chi connectivity index (χ0n) is 16.8. The standard InChI is InChI=1S/C24H22BrClFNO2/c1-29-22-12-16-8-9-28(14-15-6-7-21(27)20(25)10-15)24(19(16)13-23(22)30-2)17-4-3-5-18(26)11-17/h3-7,10-13,24H,8-9,14H2,1-2H3/t24-/m0/s1. The van der Waals surface area contributed by atoms with Gasteiger partial charge in [-0.25, -0.2) is 4.39 Å². The van der Waals surface area contributed by atoms with Crippen molar-refractivity contribution in [1.82, 2.24) is 4.90 Å². The average molecular weight is 491 g/mol. The molecule has 0 saturated carbocycles. The molecule has 6 heteroatoms. The smallest absolute Gasteiger partial charge is 0.161 e. The second kappa shape index (κ2) is 8.96. The van der Waals surface area contributed by atoms with Crippen molar-refractivity contribution < 1.29 is 13.9 Å². The normalized spacial score (nSPS) is 16.2. The largest absolute Gasteiger partial charge is 0.493 e. The number of nitrogens with zero attached hydrogens (tertiary/aromatic N) is 1. The van der Waals surface area contributed by atoms with E-state index in [0.717, 1.165) is 29.8 Å². The first-order valence-corrected chi connectivity index (χ1v) is 10.9. The van der Waals surface area contributed by atoms with Crippen molar-refractivity contribution in [3.8, 4) is 11.5 Å². The molecule has 0 saturated heterocycles. The minimum atomic E-state index is -0.258. The molecule has 1 aliphatic rings. The van der Waals surface area contributed by atoms with Gasteiger partial charge in [0.1, 0.15) is 5.82 Å². The molecule has 0 radical (unpaired) electrons. The molecule has 1 atom stereocenters. The monoisotopic (exact) mass is 489 g/mol. The number of halogens is 3. The maximum atomic E-state index is 13.7. The molecule has 3 aromatic carbocycles. The van der Waals surface area contributed by atoms with Crippen LogP contribution in [0, 0.1) is 5.82 Å². The summed E-state index contributed by atoms with van der Waals surface area (Å²) in [5, 5.41) is 0.699. The Morgan fingerprint density at radius 3 is 2.53 bits per heavy atom. The van der Waals surface area contributed by atoms with E-state index in [1.54, 1.807) is 14.2 Å². The first-order chi connectivity index (χ1) is 14.5. The van der Waals surface area contributed by atoms with E-state index in [1.807, 2.05) is 30.3 Å². The summed E-state index contributed by atoms with van der Waals surface area (Å²) in [6.07, 6.45) is 0.884. The SMILES string of the molecule is COc1cc2c(cc1OC)[C@H](c1cccc(Cl)c1)N(Cc1ccc(F)c(Br)c1)CC2. The Hall–Kier alpha value is -2.08. The molecule has 0 aromatic heterocycles. The maximum absolute atomic E-state index is 13.7. The first kappa shape index (κ1) is 21.2. The Kier molecular flexibility index (Phi) is 6.32. The summed E-state index contributed by atoms with van der Waals surface area (Å²) < 4.78 is 25.3. The molecule has 0 N–H and O–H groups in total. The minimum absolute atomic E-state index is 0.00363. The van der Waals surface area contributed by atoms with Crippen molar-refractivity contribution in [2.24, 2.45) is 0 Å².